The Morgan fingerprint density at radius 2 is 1.84 bits per heavy atom. The Balaban J connectivity index is 1.53. The third-order valence-electron chi connectivity index (χ3n) is 4.77. The van der Waals surface area contributed by atoms with Gasteiger partial charge in [0.2, 0.25) is 5.96 Å². The van der Waals surface area contributed by atoms with Gasteiger partial charge in [0.25, 0.3) is 5.91 Å². The van der Waals surface area contributed by atoms with Crippen LogP contribution in [0.5, 0.6) is 0 Å². The fourth-order valence-electron chi connectivity index (χ4n) is 3.24. The van der Waals surface area contributed by atoms with Crippen LogP contribution in [0.4, 0.5) is 10.1 Å². The highest BCUT2D eigenvalue weighted by atomic mass is 79.9. The molecule has 31 heavy (non-hydrogen) atoms. The summed E-state index contributed by atoms with van der Waals surface area (Å²) >= 11 is 3.37. The molecule has 0 atom stereocenters. The zero-order valence-corrected chi connectivity index (χ0v) is 18.1. The van der Waals surface area contributed by atoms with Gasteiger partial charge in [0.15, 0.2) is 0 Å². The molecule has 4 rings (SSSR count). The summed E-state index contributed by atoms with van der Waals surface area (Å²) in [6.45, 7) is 0.414. The second-order valence-corrected chi connectivity index (χ2v) is 7.82. The molecule has 7 heteroatoms. The van der Waals surface area contributed by atoms with Gasteiger partial charge in [-0.15, -0.1) is 0 Å². The molecule has 0 aliphatic heterocycles. The number of aromatic amines is 1. The molecule has 3 N–H and O–H groups in total. The van der Waals surface area contributed by atoms with Gasteiger partial charge in [-0.3, -0.25) is 15.1 Å². The number of halogens is 2. The predicted molar refractivity (Wildman–Crippen MR) is 126 cm³/mol. The average molecular weight is 479 g/mol. The molecule has 0 fully saturated rings. The van der Waals surface area contributed by atoms with E-state index in [9.17, 15) is 9.18 Å². The van der Waals surface area contributed by atoms with Gasteiger partial charge >= 0.3 is 0 Å². The fourth-order valence-corrected chi connectivity index (χ4v) is 3.64. The summed E-state index contributed by atoms with van der Waals surface area (Å²) in [6.07, 6.45) is 2.63. The first-order chi connectivity index (χ1) is 15.1. The first-order valence-corrected chi connectivity index (χ1v) is 10.6. The fraction of sp³-hybridized carbons (Fsp3) is 0.0833. The summed E-state index contributed by atoms with van der Waals surface area (Å²) in [7, 11) is 0. The zero-order chi connectivity index (χ0) is 21.6. The van der Waals surface area contributed by atoms with Gasteiger partial charge in [0.1, 0.15) is 5.82 Å². The SMILES string of the molecule is O=C(NC(=NCCc1c[nH]c2ccccc12)Nc1ccccc1F)c1cccc(Br)c1. The number of H-pyrrole nitrogens is 1. The van der Waals surface area contributed by atoms with E-state index in [1.54, 1.807) is 36.4 Å². The van der Waals surface area contributed by atoms with Gasteiger partial charge in [-0.2, -0.15) is 0 Å². The Bertz CT molecular complexity index is 1250. The number of rotatable bonds is 5. The van der Waals surface area contributed by atoms with E-state index in [0.717, 1.165) is 20.9 Å². The molecule has 0 aliphatic rings. The van der Waals surface area contributed by atoms with Gasteiger partial charge in [-0.05, 0) is 48.4 Å². The number of benzene rings is 3. The number of guanidine groups is 1. The molecular weight excluding hydrogens is 459 g/mol. The smallest absolute Gasteiger partial charge is 0.257 e. The Hall–Kier alpha value is -3.45. The molecule has 156 valence electrons. The number of anilines is 1. The monoisotopic (exact) mass is 478 g/mol. The molecule has 0 aliphatic carbocycles. The first kappa shape index (κ1) is 20.8. The molecule has 5 nitrogen and oxygen atoms in total. The average Bonchev–Trinajstić information content (AvgIpc) is 3.18. The number of hydrogen-bond acceptors (Lipinski definition) is 2. The number of amides is 1. The lowest BCUT2D eigenvalue weighted by atomic mass is 10.1. The molecule has 1 aromatic heterocycles. The third kappa shape index (κ3) is 5.19. The number of aromatic nitrogens is 1. The van der Waals surface area contributed by atoms with Crippen LogP contribution in [-0.4, -0.2) is 23.4 Å². The highest BCUT2D eigenvalue weighted by Crippen LogP contribution is 2.18. The molecule has 0 spiro atoms. The maximum atomic E-state index is 14.1. The summed E-state index contributed by atoms with van der Waals surface area (Å²) in [5.74, 6) is -0.575. The van der Waals surface area contributed by atoms with Crippen molar-refractivity contribution < 1.29 is 9.18 Å². The first-order valence-electron chi connectivity index (χ1n) is 9.78. The van der Waals surface area contributed by atoms with Crippen LogP contribution in [0.15, 0.2) is 88.5 Å². The van der Waals surface area contributed by atoms with Gasteiger partial charge in [0.05, 0.1) is 5.69 Å². The number of carbonyl (C=O) groups is 1. The van der Waals surface area contributed by atoms with E-state index in [0.29, 0.717) is 18.5 Å². The molecule has 1 heterocycles. The number of para-hydroxylation sites is 2. The molecular formula is C24H20BrFN4O. The van der Waals surface area contributed by atoms with Crippen LogP contribution in [0.3, 0.4) is 0 Å². The van der Waals surface area contributed by atoms with Crippen LogP contribution in [-0.2, 0) is 6.42 Å². The summed E-state index contributed by atoms with van der Waals surface area (Å²) in [4.78, 5) is 20.5. The summed E-state index contributed by atoms with van der Waals surface area (Å²) < 4.78 is 14.9. The molecule has 0 unspecified atom stereocenters. The van der Waals surface area contributed by atoms with Crippen LogP contribution in [0.25, 0.3) is 10.9 Å². The summed E-state index contributed by atoms with van der Waals surface area (Å²) in [6, 6.07) is 21.3. The normalized spacial score (nSPS) is 11.5. The van der Waals surface area contributed by atoms with Gasteiger partial charge < -0.3 is 10.3 Å². The van der Waals surface area contributed by atoms with E-state index < -0.39 is 5.82 Å². The number of nitrogens with zero attached hydrogens (tertiary/aromatic N) is 1. The van der Waals surface area contributed by atoms with Crippen LogP contribution in [0.2, 0.25) is 0 Å². The Morgan fingerprint density at radius 3 is 2.68 bits per heavy atom. The van der Waals surface area contributed by atoms with Gasteiger partial charge in [-0.1, -0.05) is 52.3 Å². The van der Waals surface area contributed by atoms with Gasteiger partial charge in [-0.25, -0.2) is 4.39 Å². The lowest BCUT2D eigenvalue weighted by Crippen LogP contribution is -2.36. The molecule has 1 amide bonds. The van der Waals surface area contributed by atoms with Crippen molar-refractivity contribution in [3.63, 3.8) is 0 Å². The van der Waals surface area contributed by atoms with Crippen LogP contribution in [0, 0.1) is 5.82 Å². The van der Waals surface area contributed by atoms with Crippen molar-refractivity contribution in [1.29, 1.82) is 0 Å². The van der Waals surface area contributed by atoms with Crippen molar-refractivity contribution >= 4 is 44.4 Å². The number of carbonyl (C=O) groups excluding carboxylic acids is 1. The maximum Gasteiger partial charge on any atom is 0.257 e. The summed E-state index contributed by atoms with van der Waals surface area (Å²) in [5, 5.41) is 6.80. The Kier molecular flexibility index (Phi) is 6.43. The Labute approximate surface area is 187 Å². The number of hydrogen-bond donors (Lipinski definition) is 3. The number of fused-ring (bicyclic) bond motifs is 1. The number of aliphatic imine (C=N–C) groups is 1. The highest BCUT2D eigenvalue weighted by Gasteiger charge is 2.12. The van der Waals surface area contributed by atoms with E-state index in [-0.39, 0.29) is 17.6 Å². The van der Waals surface area contributed by atoms with E-state index in [1.165, 1.54) is 6.07 Å². The third-order valence-corrected chi connectivity index (χ3v) is 5.26. The zero-order valence-electron chi connectivity index (χ0n) is 16.5. The van der Waals surface area contributed by atoms with Crippen molar-refractivity contribution in [2.75, 3.05) is 11.9 Å². The lowest BCUT2D eigenvalue weighted by molar-refractivity contribution is 0.0977. The van der Waals surface area contributed by atoms with Gasteiger partial charge in [0, 0.05) is 33.7 Å². The van der Waals surface area contributed by atoms with E-state index >= 15 is 0 Å². The molecule has 0 saturated carbocycles. The highest BCUT2D eigenvalue weighted by molar-refractivity contribution is 9.10. The lowest BCUT2D eigenvalue weighted by Gasteiger charge is -2.12. The second-order valence-electron chi connectivity index (χ2n) is 6.91. The second kappa shape index (κ2) is 9.57. The molecule has 0 radical (unpaired) electrons. The minimum absolute atomic E-state index is 0.190. The maximum absolute atomic E-state index is 14.1. The summed E-state index contributed by atoms with van der Waals surface area (Å²) in [5.41, 5.74) is 2.90. The minimum Gasteiger partial charge on any atom is -0.361 e. The van der Waals surface area contributed by atoms with E-state index in [2.05, 4.69) is 42.6 Å². The largest absolute Gasteiger partial charge is 0.361 e. The standard InChI is InChI=1S/C24H20BrFN4O/c25-18-7-5-6-16(14-18)23(31)30-24(29-22-11-4-2-9-20(22)26)27-13-12-17-15-28-21-10-3-1-8-19(17)21/h1-11,14-15,28H,12-13H2,(H2,27,29,30,31). The van der Waals surface area contributed by atoms with Crippen molar-refractivity contribution in [2.24, 2.45) is 4.99 Å². The van der Waals surface area contributed by atoms with E-state index in [1.807, 2.05) is 30.5 Å². The molecule has 0 saturated heterocycles. The van der Waals surface area contributed by atoms with Crippen molar-refractivity contribution in [3.8, 4) is 0 Å². The quantitative estimate of drug-likeness (QED) is 0.261. The van der Waals surface area contributed by atoms with Crippen LogP contribution >= 0.6 is 15.9 Å². The van der Waals surface area contributed by atoms with Crippen molar-refractivity contribution in [3.05, 3.63) is 100 Å². The number of nitrogens with one attached hydrogen (secondary N) is 3. The molecule has 0 bridgehead atoms. The molecule has 4 aromatic rings. The van der Waals surface area contributed by atoms with Crippen LogP contribution < -0.4 is 10.6 Å². The van der Waals surface area contributed by atoms with Crippen molar-refractivity contribution in [2.45, 2.75) is 6.42 Å². The van der Waals surface area contributed by atoms with E-state index in [4.69, 9.17) is 0 Å². The predicted octanol–water partition coefficient (Wildman–Crippen LogP) is 5.51. The topological polar surface area (TPSA) is 69.3 Å². The van der Waals surface area contributed by atoms with Crippen LogP contribution in [0.1, 0.15) is 15.9 Å². The van der Waals surface area contributed by atoms with Crippen molar-refractivity contribution in [1.82, 2.24) is 10.3 Å². The molecule has 3 aromatic carbocycles. The minimum atomic E-state index is -0.427. The Morgan fingerprint density at radius 1 is 1.03 bits per heavy atom.